The summed E-state index contributed by atoms with van der Waals surface area (Å²) in [5.41, 5.74) is -14.3. The van der Waals surface area contributed by atoms with E-state index in [-0.39, 0.29) is 10.9 Å². The van der Waals surface area contributed by atoms with Crippen LogP contribution < -0.4 is 21.9 Å². The number of fused-ring (bicyclic) bond motifs is 3. The minimum Gasteiger partial charge on any atom is -0.207 e. The summed E-state index contributed by atoms with van der Waals surface area (Å²) in [6.45, 7) is 0. The number of rotatable bonds is 5. The maximum absolute atomic E-state index is 15.4. The molecule has 0 aliphatic rings. The summed E-state index contributed by atoms with van der Waals surface area (Å²) in [5.74, 6) is -71.4. The van der Waals surface area contributed by atoms with Gasteiger partial charge in [0.15, 0.2) is 74.7 Å². The molecule has 0 amide bonds. The highest BCUT2D eigenvalue weighted by atomic mass is 32.2. The minimum atomic E-state index is -7.22. The predicted molar refractivity (Wildman–Crippen MR) is 206 cm³/mol. The first-order valence-corrected chi connectivity index (χ1v) is 20.1. The van der Waals surface area contributed by atoms with Gasteiger partial charge in [0.1, 0.15) is 65.2 Å². The summed E-state index contributed by atoms with van der Waals surface area (Å²) >= 11 is 0. The molecule has 0 atom stereocenters. The molecule has 0 N–H and O–H groups in total. The van der Waals surface area contributed by atoms with E-state index >= 15 is 35.1 Å². The van der Waals surface area contributed by atoms with Crippen molar-refractivity contribution in [2.75, 3.05) is 12.5 Å². The molecule has 342 valence electrons. The monoisotopic (exact) mass is 968 g/mol. The summed E-state index contributed by atoms with van der Waals surface area (Å²) in [6.07, 6.45) is -2.59. The fourth-order valence-electron chi connectivity index (χ4n) is 8.03. The molecule has 66 heavy (non-hydrogen) atoms. The van der Waals surface area contributed by atoms with Gasteiger partial charge >= 0.3 is 0 Å². The summed E-state index contributed by atoms with van der Waals surface area (Å²) in [6, 6.07) is 24.4. The van der Waals surface area contributed by atoms with Gasteiger partial charge in [-0.1, -0.05) is 42.5 Å². The summed E-state index contributed by atoms with van der Waals surface area (Å²) in [7, 11) is 0.229. The molecule has 8 aromatic carbocycles. The van der Waals surface area contributed by atoms with Crippen molar-refractivity contribution in [3.63, 3.8) is 0 Å². The van der Waals surface area contributed by atoms with E-state index in [0.29, 0.717) is 0 Å². The van der Waals surface area contributed by atoms with Crippen LogP contribution in [0.1, 0.15) is 0 Å². The Morgan fingerprint density at radius 1 is 0.273 bits per heavy atom. The van der Waals surface area contributed by atoms with Crippen LogP contribution in [-0.4, -0.2) is 18.7 Å². The topological polar surface area (TPSA) is 0 Å². The molecule has 22 heteroatoms. The largest absolute Gasteiger partial charge is 0.207 e. The van der Waals surface area contributed by atoms with Crippen molar-refractivity contribution in [2.24, 2.45) is 0 Å². The summed E-state index contributed by atoms with van der Waals surface area (Å²) < 4.78 is 294. The summed E-state index contributed by atoms with van der Waals surface area (Å²) in [5, 5.41) is 8.14. The third-order valence-electron chi connectivity index (χ3n) is 10.8. The molecule has 0 bridgehead atoms. The number of hydrogen-bond acceptors (Lipinski definition) is 0. The van der Waals surface area contributed by atoms with E-state index in [1.807, 2.05) is 0 Å². The van der Waals surface area contributed by atoms with Crippen molar-refractivity contribution >= 4 is 71.2 Å². The molecular formula is C44H17BF20S. The second kappa shape index (κ2) is 17.1. The van der Waals surface area contributed by atoms with E-state index in [1.165, 1.54) is 37.2 Å². The molecule has 8 rings (SSSR count). The molecule has 0 fully saturated rings. The van der Waals surface area contributed by atoms with Crippen molar-refractivity contribution in [2.45, 2.75) is 4.90 Å². The maximum Gasteiger partial charge on any atom is 0.200 e. The molecule has 0 saturated heterocycles. The Morgan fingerprint density at radius 3 is 0.818 bits per heavy atom. The molecule has 0 aromatic heterocycles. The van der Waals surface area contributed by atoms with Gasteiger partial charge in [0, 0.05) is 21.7 Å². The minimum absolute atomic E-state index is 0.229. The van der Waals surface area contributed by atoms with Crippen LogP contribution in [0.4, 0.5) is 87.8 Å². The van der Waals surface area contributed by atoms with E-state index in [2.05, 4.69) is 79.2 Å². The van der Waals surface area contributed by atoms with E-state index in [0.717, 1.165) is 0 Å². The third kappa shape index (κ3) is 6.88. The van der Waals surface area contributed by atoms with Gasteiger partial charge in [0.05, 0.1) is 0 Å². The van der Waals surface area contributed by atoms with Crippen molar-refractivity contribution < 1.29 is 87.8 Å². The van der Waals surface area contributed by atoms with Crippen molar-refractivity contribution in [1.82, 2.24) is 0 Å². The lowest BCUT2D eigenvalue weighted by Crippen LogP contribution is -2.81. The zero-order valence-electron chi connectivity index (χ0n) is 32.4. The lowest BCUT2D eigenvalue weighted by molar-refractivity contribution is 0.378. The Kier molecular flexibility index (Phi) is 12.3. The van der Waals surface area contributed by atoms with Crippen LogP contribution in [-0.2, 0) is 10.9 Å². The zero-order valence-corrected chi connectivity index (χ0v) is 33.2. The van der Waals surface area contributed by atoms with E-state index in [1.54, 1.807) is 0 Å². The average Bonchev–Trinajstić information content (AvgIpc) is 3.30. The van der Waals surface area contributed by atoms with Crippen LogP contribution >= 0.6 is 0 Å². The highest BCUT2D eigenvalue weighted by Gasteiger charge is 2.52. The number of halogens is 20. The second-order valence-electron chi connectivity index (χ2n) is 14.5. The Balaban J connectivity index is 0.000000254. The lowest BCUT2D eigenvalue weighted by atomic mass is 9.12. The molecule has 0 nitrogen and oxygen atoms in total. The zero-order chi connectivity index (χ0) is 48.8. The van der Waals surface area contributed by atoms with Crippen LogP contribution in [0.15, 0.2) is 71.6 Å². The standard InChI is InChI=1S/C24BF20.C20H17S/c26-5-1(6(27)14(35)21(42)13(5)34)25(2-7(28)15(36)22(43)16(37)8(2)29,3-9(30)17(38)23(44)18(39)10(3)31)4-11(32)19(40)24(45)20(41)12(4)33;1-21(2)20-18-10-6-5-9-16(18)12-17-11-14-7-3-4-8-15(14)13-19(17)20/h;3-13H,1-2H3/q-1;+1. The highest BCUT2D eigenvalue weighted by Crippen LogP contribution is 2.35. The first kappa shape index (κ1) is 47.5. The highest BCUT2D eigenvalue weighted by molar-refractivity contribution is 7.96. The predicted octanol–water partition coefficient (Wildman–Crippen LogP) is 11.2. The van der Waals surface area contributed by atoms with Crippen LogP contribution in [0.5, 0.6) is 0 Å². The molecule has 0 aliphatic heterocycles. The Hall–Kier alpha value is -6.45. The van der Waals surface area contributed by atoms with Crippen LogP contribution in [0.25, 0.3) is 32.3 Å². The first-order chi connectivity index (χ1) is 30.9. The van der Waals surface area contributed by atoms with Crippen LogP contribution in [0, 0.1) is 116 Å². The van der Waals surface area contributed by atoms with Gasteiger partial charge in [-0.25, -0.2) is 87.8 Å². The van der Waals surface area contributed by atoms with Gasteiger partial charge in [-0.05, 0) is 45.8 Å². The van der Waals surface area contributed by atoms with Crippen molar-refractivity contribution in [3.8, 4) is 0 Å². The molecule has 0 spiro atoms. The Morgan fingerprint density at radius 2 is 0.515 bits per heavy atom. The van der Waals surface area contributed by atoms with Gasteiger partial charge in [0.2, 0.25) is 0 Å². The molecule has 0 saturated carbocycles. The van der Waals surface area contributed by atoms with Gasteiger partial charge in [0.25, 0.3) is 0 Å². The van der Waals surface area contributed by atoms with Gasteiger partial charge < -0.3 is 0 Å². The summed E-state index contributed by atoms with van der Waals surface area (Å²) in [4.78, 5) is 1.49. The van der Waals surface area contributed by atoms with Gasteiger partial charge in [-0.15, -0.1) is 21.9 Å². The Bertz CT molecular complexity index is 2970. The quantitative estimate of drug-likeness (QED) is 0.0403. The number of benzene rings is 8. The van der Waals surface area contributed by atoms with Crippen molar-refractivity contribution in [3.05, 3.63) is 183 Å². The molecule has 0 unspecified atom stereocenters. The Labute approximate surface area is 359 Å². The smallest absolute Gasteiger partial charge is 0.200 e. The molecule has 8 aromatic rings. The third-order valence-corrected chi connectivity index (χ3v) is 12.1. The van der Waals surface area contributed by atoms with Gasteiger partial charge in [-0.2, -0.15) is 0 Å². The first-order valence-electron chi connectivity index (χ1n) is 18.1. The van der Waals surface area contributed by atoms with Crippen molar-refractivity contribution in [1.29, 1.82) is 0 Å². The van der Waals surface area contributed by atoms with E-state index in [9.17, 15) is 52.7 Å². The fraction of sp³-hybridized carbons (Fsp3) is 0.0455. The van der Waals surface area contributed by atoms with Gasteiger partial charge in [-0.3, -0.25) is 0 Å². The SMILES string of the molecule is C[S+](C)c1c2ccccc2cc2cc3ccccc3cc12.Fc1c(F)c(F)c([B-](c2c(F)c(F)c(F)c(F)c2F)(c2c(F)c(F)c(F)c(F)c2F)c2c(F)c(F)c(F)c(F)c2F)c(F)c1F. The normalized spacial score (nSPS) is 11.9. The molecule has 0 radical (unpaired) electrons. The molecule has 0 heterocycles. The maximum atomic E-state index is 15.4. The van der Waals surface area contributed by atoms with Crippen LogP contribution in [0.3, 0.4) is 0 Å². The van der Waals surface area contributed by atoms with E-state index in [4.69, 9.17) is 0 Å². The number of hydrogen-bond donors (Lipinski definition) is 0. The average molecular weight is 968 g/mol. The molecule has 0 aliphatic carbocycles. The molecular weight excluding hydrogens is 951 g/mol. The lowest BCUT2D eigenvalue weighted by Gasteiger charge is -2.44. The fourth-order valence-corrected chi connectivity index (χ4v) is 9.27. The van der Waals surface area contributed by atoms with E-state index < -0.39 is 144 Å². The second-order valence-corrected chi connectivity index (χ2v) is 16.5. The van der Waals surface area contributed by atoms with Crippen LogP contribution in [0.2, 0.25) is 0 Å².